The Labute approximate surface area is 84.6 Å². The molecule has 0 bridgehead atoms. The Balaban J connectivity index is 3.38. The fraction of sp³-hybridized carbons (Fsp3) is 1.00. The molecule has 0 radical (unpaired) electrons. The molecule has 0 aromatic heterocycles. The molecule has 1 unspecified atom stereocenters. The van der Waals surface area contributed by atoms with Crippen molar-refractivity contribution < 1.29 is 3.07 Å². The van der Waals surface area contributed by atoms with Crippen molar-refractivity contribution >= 4 is 23.0 Å². The maximum atomic E-state index is 5.04. The fourth-order valence-electron chi connectivity index (χ4n) is 0.870. The topological polar surface area (TPSA) is 9.23 Å². The summed E-state index contributed by atoms with van der Waals surface area (Å²) in [5.74, 6) is 0.700. The lowest BCUT2D eigenvalue weighted by molar-refractivity contribution is 0.276. The molecule has 0 fully saturated rings. The van der Waals surface area contributed by atoms with Crippen molar-refractivity contribution in [2.24, 2.45) is 11.3 Å². The van der Waals surface area contributed by atoms with Crippen LogP contribution in [-0.2, 0) is 3.07 Å². The van der Waals surface area contributed by atoms with Gasteiger partial charge in [0.15, 0.2) is 0 Å². The number of halogens is 1. The lowest BCUT2D eigenvalue weighted by atomic mass is 9.87. The van der Waals surface area contributed by atoms with Gasteiger partial charge in [-0.05, 0) is 24.2 Å². The minimum Gasteiger partial charge on any atom is -0.316 e. The average Bonchev–Trinajstić information content (AvgIpc) is 1.83. The van der Waals surface area contributed by atoms with Crippen molar-refractivity contribution in [1.29, 1.82) is 0 Å². The molecule has 11 heavy (non-hydrogen) atoms. The van der Waals surface area contributed by atoms with E-state index in [-0.39, 0.29) is 0 Å². The third kappa shape index (κ3) is 8.60. The van der Waals surface area contributed by atoms with Crippen LogP contribution in [0.4, 0.5) is 0 Å². The Morgan fingerprint density at radius 2 is 1.91 bits per heavy atom. The Morgan fingerprint density at radius 3 is 2.27 bits per heavy atom. The van der Waals surface area contributed by atoms with Gasteiger partial charge in [-0.3, -0.25) is 0 Å². The van der Waals surface area contributed by atoms with Crippen molar-refractivity contribution in [1.82, 2.24) is 0 Å². The highest BCUT2D eigenvalue weighted by atomic mass is 127. The molecule has 0 saturated carbocycles. The van der Waals surface area contributed by atoms with Gasteiger partial charge < -0.3 is 3.07 Å². The standard InChI is InChI=1S/C9H19IO/c1-8(7-11-10)5-6-9(2,3)4/h8H,5-7H2,1-4H3. The van der Waals surface area contributed by atoms with Crippen LogP contribution in [0.15, 0.2) is 0 Å². The zero-order valence-electron chi connectivity index (χ0n) is 7.98. The van der Waals surface area contributed by atoms with Crippen LogP contribution in [0.5, 0.6) is 0 Å². The van der Waals surface area contributed by atoms with Crippen LogP contribution in [0.1, 0.15) is 40.5 Å². The molecule has 0 rings (SSSR count). The highest BCUT2D eigenvalue weighted by Gasteiger charge is 2.12. The molecule has 0 heterocycles. The minimum absolute atomic E-state index is 0.472. The summed E-state index contributed by atoms with van der Waals surface area (Å²) in [6.07, 6.45) is 2.56. The average molecular weight is 270 g/mol. The molecule has 0 aromatic carbocycles. The quantitative estimate of drug-likeness (QED) is 0.706. The van der Waals surface area contributed by atoms with E-state index >= 15 is 0 Å². The van der Waals surface area contributed by atoms with Gasteiger partial charge in [0.1, 0.15) is 23.0 Å². The molecule has 0 spiro atoms. The molecule has 0 amide bonds. The highest BCUT2D eigenvalue weighted by molar-refractivity contribution is 14.1. The maximum absolute atomic E-state index is 5.04. The summed E-state index contributed by atoms with van der Waals surface area (Å²) < 4.78 is 5.04. The van der Waals surface area contributed by atoms with Crippen LogP contribution in [0.25, 0.3) is 0 Å². The minimum atomic E-state index is 0.472. The van der Waals surface area contributed by atoms with Crippen LogP contribution in [0, 0.1) is 11.3 Å². The van der Waals surface area contributed by atoms with Gasteiger partial charge in [0, 0.05) is 0 Å². The first-order chi connectivity index (χ1) is 4.95. The molecule has 0 aliphatic heterocycles. The first-order valence-corrected chi connectivity index (χ1v) is 5.07. The fourth-order valence-corrected chi connectivity index (χ4v) is 1.48. The van der Waals surface area contributed by atoms with Gasteiger partial charge >= 0.3 is 0 Å². The van der Waals surface area contributed by atoms with Gasteiger partial charge in [-0.2, -0.15) is 0 Å². The van der Waals surface area contributed by atoms with E-state index in [4.69, 9.17) is 3.07 Å². The first-order valence-electron chi connectivity index (χ1n) is 4.19. The van der Waals surface area contributed by atoms with E-state index in [9.17, 15) is 0 Å². The molecule has 1 atom stereocenters. The summed E-state index contributed by atoms with van der Waals surface area (Å²) in [5.41, 5.74) is 0.472. The van der Waals surface area contributed by atoms with E-state index in [1.54, 1.807) is 0 Å². The molecule has 1 nitrogen and oxygen atoms in total. The predicted octanol–water partition coefficient (Wildman–Crippen LogP) is 3.82. The summed E-state index contributed by atoms with van der Waals surface area (Å²) >= 11 is 1.96. The third-order valence-electron chi connectivity index (χ3n) is 1.73. The van der Waals surface area contributed by atoms with Crippen LogP contribution in [0.2, 0.25) is 0 Å². The van der Waals surface area contributed by atoms with Gasteiger partial charge in [0.25, 0.3) is 0 Å². The molecule has 68 valence electrons. The Kier molecular flexibility index (Phi) is 5.69. The van der Waals surface area contributed by atoms with Crippen LogP contribution < -0.4 is 0 Å². The third-order valence-corrected chi connectivity index (χ3v) is 2.09. The lowest BCUT2D eigenvalue weighted by Crippen LogP contribution is -2.09. The smallest absolute Gasteiger partial charge is 0.109 e. The summed E-state index contributed by atoms with van der Waals surface area (Å²) in [6, 6.07) is 0. The van der Waals surface area contributed by atoms with E-state index < -0.39 is 0 Å². The monoisotopic (exact) mass is 270 g/mol. The molecule has 0 N–H and O–H groups in total. The molecule has 2 heteroatoms. The van der Waals surface area contributed by atoms with E-state index in [0.29, 0.717) is 11.3 Å². The molecular weight excluding hydrogens is 251 g/mol. The summed E-state index contributed by atoms with van der Waals surface area (Å²) in [4.78, 5) is 0. The van der Waals surface area contributed by atoms with E-state index in [1.807, 2.05) is 23.0 Å². The normalized spacial score (nSPS) is 15.0. The van der Waals surface area contributed by atoms with Crippen molar-refractivity contribution in [2.75, 3.05) is 6.61 Å². The van der Waals surface area contributed by atoms with Crippen molar-refractivity contribution in [2.45, 2.75) is 40.5 Å². The molecular formula is C9H19IO. The van der Waals surface area contributed by atoms with Gasteiger partial charge in [0.2, 0.25) is 0 Å². The molecule has 0 aromatic rings. The van der Waals surface area contributed by atoms with Crippen molar-refractivity contribution in [3.63, 3.8) is 0 Å². The van der Waals surface area contributed by atoms with Gasteiger partial charge in [-0.15, -0.1) is 0 Å². The highest BCUT2D eigenvalue weighted by Crippen LogP contribution is 2.23. The molecule has 0 aliphatic carbocycles. The molecule has 0 saturated heterocycles. The SMILES string of the molecule is CC(CCC(C)(C)C)COI. The van der Waals surface area contributed by atoms with Gasteiger partial charge in [-0.1, -0.05) is 27.7 Å². The van der Waals surface area contributed by atoms with E-state index in [0.717, 1.165) is 6.61 Å². The Morgan fingerprint density at radius 1 is 1.36 bits per heavy atom. The maximum Gasteiger partial charge on any atom is 0.109 e. The number of hydrogen-bond acceptors (Lipinski definition) is 1. The number of hydrogen-bond donors (Lipinski definition) is 0. The van der Waals surface area contributed by atoms with Crippen LogP contribution in [-0.4, -0.2) is 6.61 Å². The molecule has 0 aliphatic rings. The van der Waals surface area contributed by atoms with Gasteiger partial charge in [-0.25, -0.2) is 0 Å². The summed E-state index contributed by atoms with van der Waals surface area (Å²) in [5, 5.41) is 0. The van der Waals surface area contributed by atoms with E-state index in [2.05, 4.69) is 27.7 Å². The number of rotatable bonds is 4. The summed E-state index contributed by atoms with van der Waals surface area (Å²) in [6.45, 7) is 9.97. The summed E-state index contributed by atoms with van der Waals surface area (Å²) in [7, 11) is 0. The second-order valence-corrected chi connectivity index (χ2v) is 5.10. The first kappa shape index (κ1) is 11.7. The Bertz CT molecular complexity index is 96.2. The zero-order valence-corrected chi connectivity index (χ0v) is 10.1. The van der Waals surface area contributed by atoms with Crippen molar-refractivity contribution in [3.8, 4) is 0 Å². The van der Waals surface area contributed by atoms with Crippen LogP contribution >= 0.6 is 23.0 Å². The Hall–Kier alpha value is 0.690. The second-order valence-electron chi connectivity index (χ2n) is 4.48. The van der Waals surface area contributed by atoms with Crippen molar-refractivity contribution in [3.05, 3.63) is 0 Å². The second kappa shape index (κ2) is 5.36. The van der Waals surface area contributed by atoms with Gasteiger partial charge in [0.05, 0.1) is 6.61 Å². The largest absolute Gasteiger partial charge is 0.316 e. The lowest BCUT2D eigenvalue weighted by Gasteiger charge is -2.20. The van der Waals surface area contributed by atoms with Crippen LogP contribution in [0.3, 0.4) is 0 Å². The van der Waals surface area contributed by atoms with E-state index in [1.165, 1.54) is 12.8 Å². The zero-order chi connectivity index (χ0) is 8.91. The predicted molar refractivity (Wildman–Crippen MR) is 57.8 cm³/mol.